The summed E-state index contributed by atoms with van der Waals surface area (Å²) in [5.41, 5.74) is 5.67. The van der Waals surface area contributed by atoms with E-state index in [1.807, 2.05) is 20.0 Å². The summed E-state index contributed by atoms with van der Waals surface area (Å²) in [5.74, 6) is 0.823. The van der Waals surface area contributed by atoms with Gasteiger partial charge in [0.15, 0.2) is 5.96 Å². The van der Waals surface area contributed by atoms with Gasteiger partial charge in [-0.3, -0.25) is 9.67 Å². The molecule has 0 fully saturated rings. The van der Waals surface area contributed by atoms with Gasteiger partial charge in [-0.15, -0.1) is 11.3 Å². The van der Waals surface area contributed by atoms with E-state index >= 15 is 0 Å². The maximum absolute atomic E-state index is 5.36. The van der Waals surface area contributed by atoms with Gasteiger partial charge >= 0.3 is 0 Å². The first-order valence-electron chi connectivity index (χ1n) is 10.4. The summed E-state index contributed by atoms with van der Waals surface area (Å²) in [6.07, 6.45) is 0.0138. The summed E-state index contributed by atoms with van der Waals surface area (Å²) >= 11 is 1.63. The molecule has 1 N–H and O–H groups in total. The Kier molecular flexibility index (Phi) is 7.81. The van der Waals surface area contributed by atoms with Crippen LogP contribution in [0.2, 0.25) is 0 Å². The lowest BCUT2D eigenvalue weighted by atomic mass is 10.2. The number of ether oxygens (including phenoxy) is 1. The zero-order valence-corrected chi connectivity index (χ0v) is 20.0. The molecule has 0 aliphatic heterocycles. The van der Waals surface area contributed by atoms with Gasteiger partial charge in [-0.1, -0.05) is 30.3 Å². The molecule has 0 bridgehead atoms. The van der Waals surface area contributed by atoms with Crippen molar-refractivity contribution in [2.75, 3.05) is 21.2 Å². The number of rotatable bonds is 8. The Morgan fingerprint density at radius 3 is 2.71 bits per heavy atom. The van der Waals surface area contributed by atoms with Crippen LogP contribution in [-0.2, 0) is 24.4 Å². The van der Waals surface area contributed by atoms with E-state index in [4.69, 9.17) is 9.84 Å². The third-order valence-electron chi connectivity index (χ3n) is 5.37. The van der Waals surface area contributed by atoms with Crippen LogP contribution < -0.4 is 5.32 Å². The van der Waals surface area contributed by atoms with Crippen molar-refractivity contribution in [1.82, 2.24) is 25.0 Å². The number of hydrogen-bond donors (Lipinski definition) is 1. The molecule has 0 radical (unpaired) electrons. The van der Waals surface area contributed by atoms with E-state index in [2.05, 4.69) is 68.4 Å². The minimum absolute atomic E-state index is 0.0138. The summed E-state index contributed by atoms with van der Waals surface area (Å²) in [6.45, 7) is 8.32. The zero-order valence-electron chi connectivity index (χ0n) is 19.2. The number of hydrogen-bond acceptors (Lipinski definition) is 5. The summed E-state index contributed by atoms with van der Waals surface area (Å²) in [5, 5.41) is 11.3. The lowest BCUT2D eigenvalue weighted by Crippen LogP contribution is -2.38. The van der Waals surface area contributed by atoms with Crippen LogP contribution in [0.5, 0.6) is 0 Å². The lowest BCUT2D eigenvalue weighted by molar-refractivity contribution is 0.119. The Morgan fingerprint density at radius 2 is 2.03 bits per heavy atom. The van der Waals surface area contributed by atoms with Gasteiger partial charge in [0.25, 0.3) is 0 Å². The largest absolute Gasteiger partial charge is 0.375 e. The number of thiazole rings is 1. The van der Waals surface area contributed by atoms with E-state index in [9.17, 15) is 0 Å². The van der Waals surface area contributed by atoms with Gasteiger partial charge in [-0.05, 0) is 26.3 Å². The summed E-state index contributed by atoms with van der Waals surface area (Å²) < 4.78 is 7.43. The average Bonchev–Trinajstić information content (AvgIpc) is 3.34. The first-order chi connectivity index (χ1) is 14.9. The molecule has 31 heavy (non-hydrogen) atoms. The number of benzene rings is 1. The highest BCUT2D eigenvalue weighted by Crippen LogP contribution is 2.21. The molecule has 2 heterocycles. The molecule has 8 heteroatoms. The van der Waals surface area contributed by atoms with Gasteiger partial charge in [0.05, 0.1) is 24.5 Å². The van der Waals surface area contributed by atoms with Crippen LogP contribution in [-0.4, -0.2) is 46.8 Å². The number of nitrogens with one attached hydrogen (secondary N) is 1. The summed E-state index contributed by atoms with van der Waals surface area (Å²) in [6, 6.07) is 10.4. The van der Waals surface area contributed by atoms with Crippen molar-refractivity contribution in [1.29, 1.82) is 0 Å². The topological polar surface area (TPSA) is 67.6 Å². The highest BCUT2D eigenvalue weighted by molar-refractivity contribution is 7.09. The molecule has 166 valence electrons. The number of methoxy groups -OCH3 is 1. The SMILES string of the molecule is CN=C(NCc1c(C)nn(Cc2ccccc2)c1C)N(C)Cc1csc(C(C)OC)n1. The molecular weight excluding hydrogens is 408 g/mol. The average molecular weight is 441 g/mol. The number of nitrogens with zero attached hydrogens (tertiary/aromatic N) is 5. The Balaban J connectivity index is 1.63. The Morgan fingerprint density at radius 1 is 1.29 bits per heavy atom. The number of aliphatic imine (C=N–C) groups is 1. The quantitative estimate of drug-likeness (QED) is 0.425. The van der Waals surface area contributed by atoms with Crippen LogP contribution in [0.1, 0.15) is 46.2 Å². The molecule has 1 aromatic carbocycles. The van der Waals surface area contributed by atoms with Crippen LogP contribution in [0.25, 0.3) is 0 Å². The van der Waals surface area contributed by atoms with Gasteiger partial charge in [0, 0.05) is 44.4 Å². The standard InChI is InChI=1S/C23H32N6OS/c1-16-21(17(2)29(27-16)13-19-10-8-7-9-11-19)12-25-23(24-4)28(5)14-20-15-31-22(26-20)18(3)30-6/h7-11,15,18H,12-14H2,1-6H3,(H,24,25). The van der Waals surface area contributed by atoms with Gasteiger partial charge in [0.2, 0.25) is 0 Å². The highest BCUT2D eigenvalue weighted by Gasteiger charge is 2.15. The first-order valence-corrected chi connectivity index (χ1v) is 11.3. The van der Waals surface area contributed by atoms with Crippen LogP contribution in [0.15, 0.2) is 40.7 Å². The highest BCUT2D eigenvalue weighted by atomic mass is 32.1. The second-order valence-electron chi connectivity index (χ2n) is 7.60. The third-order valence-corrected chi connectivity index (χ3v) is 6.43. The molecular formula is C23H32N6OS. The Bertz CT molecular complexity index is 1010. The van der Waals surface area contributed by atoms with Gasteiger partial charge in [-0.2, -0.15) is 5.10 Å². The summed E-state index contributed by atoms with van der Waals surface area (Å²) in [7, 11) is 5.53. The molecule has 2 aromatic heterocycles. The van der Waals surface area contributed by atoms with Crippen LogP contribution >= 0.6 is 11.3 Å². The van der Waals surface area contributed by atoms with Gasteiger partial charge in [0.1, 0.15) is 11.1 Å². The van der Waals surface area contributed by atoms with E-state index in [0.717, 1.165) is 28.9 Å². The maximum atomic E-state index is 5.36. The predicted molar refractivity (Wildman–Crippen MR) is 126 cm³/mol. The fourth-order valence-electron chi connectivity index (χ4n) is 3.45. The lowest BCUT2D eigenvalue weighted by Gasteiger charge is -2.21. The van der Waals surface area contributed by atoms with Crippen molar-refractivity contribution in [2.45, 2.75) is 46.5 Å². The molecule has 1 atom stereocenters. The zero-order chi connectivity index (χ0) is 22.4. The molecule has 1 unspecified atom stereocenters. The van der Waals surface area contributed by atoms with Crippen LogP contribution in [0, 0.1) is 13.8 Å². The fraction of sp³-hybridized carbons (Fsp3) is 0.435. The smallest absolute Gasteiger partial charge is 0.194 e. The van der Waals surface area contributed by atoms with Crippen molar-refractivity contribution < 1.29 is 4.74 Å². The van der Waals surface area contributed by atoms with Crippen molar-refractivity contribution in [3.63, 3.8) is 0 Å². The monoisotopic (exact) mass is 440 g/mol. The van der Waals surface area contributed by atoms with E-state index < -0.39 is 0 Å². The third kappa shape index (κ3) is 5.71. The molecule has 3 rings (SSSR count). The van der Waals surface area contributed by atoms with Crippen molar-refractivity contribution >= 4 is 17.3 Å². The molecule has 3 aromatic rings. The minimum Gasteiger partial charge on any atom is -0.375 e. The minimum atomic E-state index is 0.0138. The molecule has 7 nitrogen and oxygen atoms in total. The normalized spacial score (nSPS) is 12.8. The summed E-state index contributed by atoms with van der Waals surface area (Å²) in [4.78, 5) is 11.2. The molecule has 0 spiro atoms. The van der Waals surface area contributed by atoms with E-state index in [0.29, 0.717) is 13.1 Å². The van der Waals surface area contributed by atoms with Gasteiger partial charge < -0.3 is 15.0 Å². The Labute approximate surface area is 188 Å². The van der Waals surface area contributed by atoms with E-state index in [1.54, 1.807) is 25.5 Å². The Hall–Kier alpha value is -2.71. The molecule has 0 amide bonds. The van der Waals surface area contributed by atoms with E-state index in [1.165, 1.54) is 16.8 Å². The van der Waals surface area contributed by atoms with Crippen LogP contribution in [0.3, 0.4) is 0 Å². The van der Waals surface area contributed by atoms with Crippen LogP contribution in [0.4, 0.5) is 0 Å². The number of guanidine groups is 1. The molecule has 0 aliphatic carbocycles. The second-order valence-corrected chi connectivity index (χ2v) is 8.49. The maximum Gasteiger partial charge on any atom is 0.194 e. The fourth-order valence-corrected chi connectivity index (χ4v) is 4.29. The van der Waals surface area contributed by atoms with Crippen molar-refractivity contribution in [3.05, 3.63) is 68.9 Å². The number of aryl methyl sites for hydroxylation is 1. The predicted octanol–water partition coefficient (Wildman–Crippen LogP) is 3.92. The van der Waals surface area contributed by atoms with E-state index in [-0.39, 0.29) is 6.10 Å². The molecule has 0 saturated carbocycles. The van der Waals surface area contributed by atoms with Gasteiger partial charge in [-0.25, -0.2) is 4.98 Å². The van der Waals surface area contributed by atoms with Crippen molar-refractivity contribution in [3.8, 4) is 0 Å². The molecule has 0 saturated heterocycles. The first kappa shape index (κ1) is 23.0. The second kappa shape index (κ2) is 10.5. The molecule has 0 aliphatic rings. The number of aromatic nitrogens is 3. The van der Waals surface area contributed by atoms with Crippen molar-refractivity contribution in [2.24, 2.45) is 4.99 Å².